The number of rotatable bonds is 3. The van der Waals surface area contributed by atoms with Crippen LogP contribution in [0.2, 0.25) is 0 Å². The smallest absolute Gasteiger partial charge is 0.261 e. The summed E-state index contributed by atoms with van der Waals surface area (Å²) in [7, 11) is 0. The minimum Gasteiger partial charge on any atom is -0.467 e. The number of anilines is 1. The quantitative estimate of drug-likeness (QED) is 0.550. The van der Waals surface area contributed by atoms with Gasteiger partial charge in [0.05, 0.1) is 0 Å². The summed E-state index contributed by atoms with van der Waals surface area (Å²) in [5, 5.41) is 3.72. The predicted molar refractivity (Wildman–Crippen MR) is 115 cm³/mol. The highest BCUT2D eigenvalue weighted by molar-refractivity contribution is 9.10. The van der Waals surface area contributed by atoms with Crippen molar-refractivity contribution in [3.8, 4) is 0 Å². The number of benzene rings is 2. The standard InChI is InChI=1S/C22H24BrNOS/c23-18-7-4-8-19(15-18)24-21(26)25-20-11-14-22(20)12-9-17(10-13-22)16-5-2-1-3-6-16/h1-8,15,17,20H,9-14H2,(H,24,26)/t17?,20-,22?/m0/s1. The molecule has 2 nitrogen and oxygen atoms in total. The van der Waals surface area contributed by atoms with Crippen molar-refractivity contribution in [2.75, 3.05) is 5.32 Å². The molecular formula is C22H24BrNOS. The van der Waals surface area contributed by atoms with Gasteiger partial charge in [-0.25, -0.2) is 0 Å². The van der Waals surface area contributed by atoms with Gasteiger partial charge in [0.1, 0.15) is 6.10 Å². The highest BCUT2D eigenvalue weighted by atomic mass is 79.9. The Morgan fingerprint density at radius 1 is 1.00 bits per heavy atom. The van der Waals surface area contributed by atoms with Crippen LogP contribution in [0.1, 0.15) is 50.0 Å². The van der Waals surface area contributed by atoms with Crippen LogP contribution >= 0.6 is 28.1 Å². The highest BCUT2D eigenvalue weighted by Gasteiger charge is 2.50. The van der Waals surface area contributed by atoms with E-state index in [4.69, 9.17) is 17.0 Å². The second-order valence-electron chi connectivity index (χ2n) is 7.62. The largest absolute Gasteiger partial charge is 0.467 e. The fourth-order valence-corrected chi connectivity index (χ4v) is 5.15. The molecule has 136 valence electrons. The molecule has 1 spiro atoms. The zero-order chi connectivity index (χ0) is 18.0. The molecule has 0 radical (unpaired) electrons. The molecule has 0 aromatic heterocycles. The lowest BCUT2D eigenvalue weighted by Gasteiger charge is -2.52. The van der Waals surface area contributed by atoms with Gasteiger partial charge in [-0.15, -0.1) is 0 Å². The van der Waals surface area contributed by atoms with Crippen molar-refractivity contribution in [1.29, 1.82) is 0 Å². The third-order valence-corrected chi connectivity index (χ3v) is 6.85. The maximum atomic E-state index is 6.17. The minimum absolute atomic E-state index is 0.270. The Bertz CT molecular complexity index is 771. The summed E-state index contributed by atoms with van der Waals surface area (Å²) in [6, 6.07) is 19.0. The molecule has 2 aromatic rings. The fourth-order valence-electron chi connectivity index (χ4n) is 4.52. The summed E-state index contributed by atoms with van der Waals surface area (Å²) in [6.07, 6.45) is 7.68. The van der Waals surface area contributed by atoms with Crippen LogP contribution in [0.4, 0.5) is 5.69 Å². The number of halogens is 1. The molecule has 0 bridgehead atoms. The van der Waals surface area contributed by atoms with E-state index in [0.29, 0.717) is 16.5 Å². The average Bonchev–Trinajstić information content (AvgIpc) is 2.66. The van der Waals surface area contributed by atoms with Gasteiger partial charge in [-0.1, -0.05) is 52.3 Å². The van der Waals surface area contributed by atoms with Crippen LogP contribution in [0.25, 0.3) is 0 Å². The molecule has 0 aliphatic heterocycles. The molecule has 26 heavy (non-hydrogen) atoms. The first kappa shape index (κ1) is 18.0. The molecule has 2 saturated carbocycles. The van der Waals surface area contributed by atoms with E-state index < -0.39 is 0 Å². The second-order valence-corrected chi connectivity index (χ2v) is 8.90. The summed E-state index contributed by atoms with van der Waals surface area (Å²) in [6.45, 7) is 0. The summed E-state index contributed by atoms with van der Waals surface area (Å²) >= 11 is 8.95. The molecule has 2 fully saturated rings. The van der Waals surface area contributed by atoms with E-state index in [1.165, 1.54) is 37.7 Å². The van der Waals surface area contributed by atoms with Crippen LogP contribution in [0.3, 0.4) is 0 Å². The predicted octanol–water partition coefficient (Wildman–Crippen LogP) is 6.67. The minimum atomic E-state index is 0.270. The van der Waals surface area contributed by atoms with Gasteiger partial charge in [0.25, 0.3) is 5.17 Å². The number of ether oxygens (including phenoxy) is 1. The Morgan fingerprint density at radius 2 is 1.73 bits per heavy atom. The van der Waals surface area contributed by atoms with Crippen molar-refractivity contribution in [3.05, 3.63) is 64.6 Å². The summed E-state index contributed by atoms with van der Waals surface area (Å²) in [4.78, 5) is 0. The third-order valence-electron chi connectivity index (χ3n) is 6.16. The van der Waals surface area contributed by atoms with Gasteiger partial charge in [-0.2, -0.15) is 0 Å². The van der Waals surface area contributed by atoms with Gasteiger partial charge in [0.2, 0.25) is 0 Å². The first-order valence-electron chi connectivity index (χ1n) is 9.43. The number of hydrogen-bond donors (Lipinski definition) is 1. The zero-order valence-electron chi connectivity index (χ0n) is 14.8. The Balaban J connectivity index is 1.33. The first-order valence-corrected chi connectivity index (χ1v) is 10.6. The van der Waals surface area contributed by atoms with Gasteiger partial charge in [0, 0.05) is 15.6 Å². The Labute approximate surface area is 169 Å². The zero-order valence-corrected chi connectivity index (χ0v) is 17.2. The molecule has 0 unspecified atom stereocenters. The molecule has 0 amide bonds. The summed E-state index contributed by atoms with van der Waals surface area (Å²) < 4.78 is 7.20. The average molecular weight is 430 g/mol. The molecule has 0 saturated heterocycles. The van der Waals surface area contributed by atoms with E-state index in [-0.39, 0.29) is 6.10 Å². The van der Waals surface area contributed by atoms with E-state index in [9.17, 15) is 0 Å². The van der Waals surface area contributed by atoms with E-state index in [1.807, 2.05) is 24.3 Å². The van der Waals surface area contributed by atoms with Gasteiger partial charge in [-0.3, -0.25) is 0 Å². The van der Waals surface area contributed by atoms with E-state index in [2.05, 4.69) is 51.6 Å². The molecule has 2 aliphatic carbocycles. The monoisotopic (exact) mass is 429 g/mol. The maximum absolute atomic E-state index is 6.17. The first-order chi connectivity index (χ1) is 12.6. The van der Waals surface area contributed by atoms with Gasteiger partial charge in [0.15, 0.2) is 0 Å². The van der Waals surface area contributed by atoms with Crippen LogP contribution in [0.5, 0.6) is 0 Å². The second kappa shape index (κ2) is 7.69. The van der Waals surface area contributed by atoms with Crippen molar-refractivity contribution in [3.63, 3.8) is 0 Å². The molecule has 1 N–H and O–H groups in total. The molecule has 2 aromatic carbocycles. The number of thiocarbonyl (C=S) groups is 1. The van der Waals surface area contributed by atoms with Crippen molar-refractivity contribution >= 4 is 39.0 Å². The van der Waals surface area contributed by atoms with E-state index in [1.54, 1.807) is 0 Å². The van der Waals surface area contributed by atoms with Crippen molar-refractivity contribution in [2.45, 2.75) is 50.5 Å². The van der Waals surface area contributed by atoms with Gasteiger partial charge in [-0.05, 0) is 80.4 Å². The van der Waals surface area contributed by atoms with E-state index >= 15 is 0 Å². The van der Waals surface area contributed by atoms with Gasteiger partial charge >= 0.3 is 0 Å². The SMILES string of the molecule is S=C(Nc1cccc(Br)c1)O[C@H]1CCC12CCC(c1ccccc1)CC2. The van der Waals surface area contributed by atoms with Crippen molar-refractivity contribution in [1.82, 2.24) is 0 Å². The molecule has 4 heteroatoms. The lowest BCUT2D eigenvalue weighted by molar-refractivity contribution is -0.0789. The molecule has 1 atom stereocenters. The molecule has 0 heterocycles. The molecule has 2 aliphatic rings. The lowest BCUT2D eigenvalue weighted by atomic mass is 9.56. The Hall–Kier alpha value is -1.39. The summed E-state index contributed by atoms with van der Waals surface area (Å²) in [5.74, 6) is 0.704. The third kappa shape index (κ3) is 3.81. The van der Waals surface area contributed by atoms with Crippen LogP contribution in [0.15, 0.2) is 59.1 Å². The van der Waals surface area contributed by atoms with Crippen molar-refractivity contribution < 1.29 is 4.74 Å². The highest BCUT2D eigenvalue weighted by Crippen LogP contribution is 2.55. The lowest BCUT2D eigenvalue weighted by Crippen LogP contribution is -2.49. The topological polar surface area (TPSA) is 21.3 Å². The van der Waals surface area contributed by atoms with Crippen LogP contribution in [-0.2, 0) is 4.74 Å². The van der Waals surface area contributed by atoms with Crippen LogP contribution in [0, 0.1) is 5.41 Å². The van der Waals surface area contributed by atoms with Crippen LogP contribution in [-0.4, -0.2) is 11.3 Å². The maximum Gasteiger partial charge on any atom is 0.261 e. The fraction of sp³-hybridized carbons (Fsp3) is 0.409. The molecular weight excluding hydrogens is 406 g/mol. The van der Waals surface area contributed by atoms with Gasteiger partial charge < -0.3 is 10.1 Å². The van der Waals surface area contributed by atoms with Crippen molar-refractivity contribution in [2.24, 2.45) is 5.41 Å². The Morgan fingerprint density at radius 3 is 2.38 bits per heavy atom. The van der Waals surface area contributed by atoms with E-state index in [0.717, 1.165) is 16.6 Å². The van der Waals surface area contributed by atoms with Crippen LogP contribution < -0.4 is 5.32 Å². The number of hydrogen-bond acceptors (Lipinski definition) is 2. The number of nitrogens with one attached hydrogen (secondary N) is 1. The normalized spacial score (nSPS) is 27.6. The Kier molecular flexibility index (Phi) is 5.32. The molecule has 4 rings (SSSR count). The summed E-state index contributed by atoms with van der Waals surface area (Å²) in [5.41, 5.74) is 2.80.